The number of carbonyl (C=O) groups is 3. The Kier molecular flexibility index (Phi) is 7.64. The highest BCUT2D eigenvalue weighted by molar-refractivity contribution is 7.10. The largest absolute Gasteiger partial charge is 0.497 e. The molecule has 1 atom stereocenters. The Hall–Kier alpha value is -3.59. The van der Waals surface area contributed by atoms with E-state index in [0.717, 1.165) is 30.6 Å². The zero-order valence-electron chi connectivity index (χ0n) is 18.9. The van der Waals surface area contributed by atoms with Crippen LogP contribution in [0.3, 0.4) is 0 Å². The molecule has 4 rings (SSSR count). The van der Waals surface area contributed by atoms with E-state index < -0.39 is 17.9 Å². The second kappa shape index (κ2) is 11.0. The summed E-state index contributed by atoms with van der Waals surface area (Å²) in [6.45, 7) is -0.301. The van der Waals surface area contributed by atoms with Crippen LogP contribution in [0.25, 0.3) is 0 Å². The molecule has 9 heteroatoms. The number of anilines is 1. The molecule has 0 spiro atoms. The molecule has 0 saturated heterocycles. The number of ether oxygens (including phenoxy) is 1. The van der Waals surface area contributed by atoms with Gasteiger partial charge in [-0.05, 0) is 60.7 Å². The van der Waals surface area contributed by atoms with Gasteiger partial charge in [0.2, 0.25) is 11.8 Å². The fourth-order valence-electron chi connectivity index (χ4n) is 4.09. The molecule has 1 saturated carbocycles. The lowest BCUT2D eigenvalue weighted by Crippen LogP contribution is -2.48. The summed E-state index contributed by atoms with van der Waals surface area (Å²) in [5.74, 6) is -0.431. The number of carbonyl (C=O) groups excluding carboxylic acids is 3. The third-order valence-electron chi connectivity index (χ3n) is 5.79. The Balaban J connectivity index is 1.63. The first-order chi connectivity index (χ1) is 16.6. The molecule has 1 fully saturated rings. The van der Waals surface area contributed by atoms with Crippen LogP contribution in [0, 0.1) is 0 Å². The summed E-state index contributed by atoms with van der Waals surface area (Å²) < 4.78 is 10.4. The predicted molar refractivity (Wildman–Crippen MR) is 129 cm³/mol. The number of hydrogen-bond acceptors (Lipinski definition) is 6. The van der Waals surface area contributed by atoms with Gasteiger partial charge in [-0.15, -0.1) is 11.3 Å². The number of methoxy groups -OCH3 is 1. The summed E-state index contributed by atoms with van der Waals surface area (Å²) in [4.78, 5) is 41.6. The molecule has 2 aromatic heterocycles. The second-order valence-electron chi connectivity index (χ2n) is 8.03. The molecule has 178 valence electrons. The Morgan fingerprint density at radius 1 is 1.12 bits per heavy atom. The first-order valence-corrected chi connectivity index (χ1v) is 12.1. The normalized spacial score (nSPS) is 14.4. The predicted octanol–water partition coefficient (Wildman–Crippen LogP) is 3.91. The van der Waals surface area contributed by atoms with Crippen LogP contribution in [0.5, 0.6) is 5.75 Å². The lowest BCUT2D eigenvalue weighted by atomic mass is 10.1. The lowest BCUT2D eigenvalue weighted by molar-refractivity contribution is -0.126. The molecule has 3 aromatic rings. The van der Waals surface area contributed by atoms with Gasteiger partial charge in [-0.3, -0.25) is 19.3 Å². The number of benzene rings is 1. The topological polar surface area (TPSA) is 101 Å². The average Bonchev–Trinajstić information content (AvgIpc) is 3.64. The van der Waals surface area contributed by atoms with E-state index in [1.165, 1.54) is 28.6 Å². The van der Waals surface area contributed by atoms with Gasteiger partial charge in [-0.2, -0.15) is 0 Å². The van der Waals surface area contributed by atoms with Gasteiger partial charge in [-0.1, -0.05) is 18.9 Å². The van der Waals surface area contributed by atoms with Gasteiger partial charge in [0.05, 0.1) is 19.9 Å². The minimum Gasteiger partial charge on any atom is -0.497 e. The molecule has 0 radical (unpaired) electrons. The van der Waals surface area contributed by atoms with E-state index in [9.17, 15) is 14.4 Å². The van der Waals surface area contributed by atoms with E-state index in [2.05, 4.69) is 10.6 Å². The number of thiophene rings is 1. The zero-order chi connectivity index (χ0) is 23.9. The molecule has 3 amide bonds. The second-order valence-corrected chi connectivity index (χ2v) is 9.01. The fourth-order valence-corrected chi connectivity index (χ4v) is 4.90. The third-order valence-corrected chi connectivity index (χ3v) is 6.71. The quantitative estimate of drug-likeness (QED) is 0.483. The van der Waals surface area contributed by atoms with Crippen LogP contribution >= 0.6 is 11.3 Å². The molecule has 1 aliphatic rings. The summed E-state index contributed by atoms with van der Waals surface area (Å²) in [5, 5.41) is 7.60. The Bertz CT molecular complexity index is 1090. The fraction of sp³-hybridized carbons (Fsp3) is 0.320. The number of nitrogens with zero attached hydrogens (tertiary/aromatic N) is 1. The van der Waals surface area contributed by atoms with E-state index in [0.29, 0.717) is 11.4 Å². The summed E-state index contributed by atoms with van der Waals surface area (Å²) in [7, 11) is 1.56. The van der Waals surface area contributed by atoms with Crippen molar-refractivity contribution in [2.75, 3.05) is 18.6 Å². The van der Waals surface area contributed by atoms with Gasteiger partial charge in [0.15, 0.2) is 5.76 Å². The number of rotatable bonds is 9. The summed E-state index contributed by atoms with van der Waals surface area (Å²) >= 11 is 1.41. The van der Waals surface area contributed by atoms with Crippen molar-refractivity contribution in [1.82, 2.24) is 10.6 Å². The Morgan fingerprint density at radius 3 is 2.50 bits per heavy atom. The van der Waals surface area contributed by atoms with Gasteiger partial charge in [0, 0.05) is 16.6 Å². The van der Waals surface area contributed by atoms with Gasteiger partial charge in [-0.25, -0.2) is 0 Å². The van der Waals surface area contributed by atoms with Crippen LogP contribution in [-0.2, 0) is 9.59 Å². The van der Waals surface area contributed by atoms with E-state index in [1.54, 1.807) is 37.4 Å². The molecule has 2 N–H and O–H groups in total. The molecular weight excluding hydrogens is 454 g/mol. The highest BCUT2D eigenvalue weighted by Gasteiger charge is 2.35. The summed E-state index contributed by atoms with van der Waals surface area (Å²) in [6.07, 6.45) is 5.40. The van der Waals surface area contributed by atoms with Crippen LogP contribution in [0.1, 0.15) is 47.2 Å². The van der Waals surface area contributed by atoms with Crippen molar-refractivity contribution in [3.8, 4) is 5.75 Å². The monoisotopic (exact) mass is 481 g/mol. The van der Waals surface area contributed by atoms with Crippen molar-refractivity contribution in [3.63, 3.8) is 0 Å². The number of furan rings is 1. The van der Waals surface area contributed by atoms with E-state index in [1.807, 2.05) is 17.5 Å². The highest BCUT2D eigenvalue weighted by atomic mass is 32.1. The molecule has 1 aromatic carbocycles. The minimum atomic E-state index is -0.873. The van der Waals surface area contributed by atoms with Crippen LogP contribution in [0.15, 0.2) is 64.6 Å². The third kappa shape index (κ3) is 5.48. The van der Waals surface area contributed by atoms with E-state index in [-0.39, 0.29) is 24.3 Å². The number of amides is 3. The maximum atomic E-state index is 13.5. The first kappa shape index (κ1) is 23.6. The van der Waals surface area contributed by atoms with Crippen molar-refractivity contribution >= 4 is 34.7 Å². The van der Waals surface area contributed by atoms with E-state index in [4.69, 9.17) is 9.15 Å². The van der Waals surface area contributed by atoms with Crippen LogP contribution in [-0.4, -0.2) is 37.4 Å². The smallest absolute Gasteiger partial charge is 0.287 e. The minimum absolute atomic E-state index is 0.0986. The molecule has 0 bridgehead atoms. The molecule has 2 heterocycles. The summed E-state index contributed by atoms with van der Waals surface area (Å²) in [5.41, 5.74) is 0.526. The molecule has 34 heavy (non-hydrogen) atoms. The average molecular weight is 482 g/mol. The highest BCUT2D eigenvalue weighted by Crippen LogP contribution is 2.32. The maximum absolute atomic E-state index is 13.5. The van der Waals surface area contributed by atoms with Gasteiger partial charge in [0.1, 0.15) is 11.8 Å². The first-order valence-electron chi connectivity index (χ1n) is 11.2. The standard InChI is InChI=1S/C25H27N3O5S/c1-32-19-12-10-18(11-13-19)28(22(29)16-26-24(30)20-8-4-14-33-20)23(21-9-5-15-34-21)25(31)27-17-6-2-3-7-17/h4-5,8-15,17,23H,2-3,6-7,16H2,1H3,(H,26,30)(H,27,31). The molecule has 1 unspecified atom stereocenters. The van der Waals surface area contributed by atoms with Crippen molar-refractivity contribution in [1.29, 1.82) is 0 Å². The van der Waals surface area contributed by atoms with E-state index >= 15 is 0 Å². The van der Waals surface area contributed by atoms with Crippen molar-refractivity contribution in [3.05, 3.63) is 70.8 Å². The van der Waals surface area contributed by atoms with Crippen molar-refractivity contribution in [2.45, 2.75) is 37.8 Å². The van der Waals surface area contributed by atoms with Crippen LogP contribution in [0.2, 0.25) is 0 Å². The Labute approximate surface area is 201 Å². The Morgan fingerprint density at radius 2 is 1.88 bits per heavy atom. The maximum Gasteiger partial charge on any atom is 0.287 e. The van der Waals surface area contributed by atoms with Crippen LogP contribution in [0.4, 0.5) is 5.69 Å². The zero-order valence-corrected chi connectivity index (χ0v) is 19.7. The number of nitrogens with one attached hydrogen (secondary N) is 2. The van der Waals surface area contributed by atoms with Gasteiger partial charge in [0.25, 0.3) is 5.91 Å². The molecule has 1 aliphatic carbocycles. The van der Waals surface area contributed by atoms with Crippen molar-refractivity contribution in [2.24, 2.45) is 0 Å². The SMILES string of the molecule is COc1ccc(N(C(=O)CNC(=O)c2ccco2)C(C(=O)NC2CCCC2)c2cccs2)cc1. The van der Waals surface area contributed by atoms with Gasteiger partial charge >= 0.3 is 0 Å². The molecular formula is C25H27N3O5S. The van der Waals surface area contributed by atoms with Gasteiger partial charge < -0.3 is 19.8 Å². The van der Waals surface area contributed by atoms with Crippen molar-refractivity contribution < 1.29 is 23.5 Å². The molecule has 8 nitrogen and oxygen atoms in total. The lowest BCUT2D eigenvalue weighted by Gasteiger charge is -2.31. The summed E-state index contributed by atoms with van der Waals surface area (Å²) in [6, 6.07) is 13.0. The number of hydrogen-bond donors (Lipinski definition) is 2. The molecule has 0 aliphatic heterocycles. The van der Waals surface area contributed by atoms with Crippen LogP contribution < -0.4 is 20.3 Å².